The lowest BCUT2D eigenvalue weighted by atomic mass is 9.87. The van der Waals surface area contributed by atoms with Crippen molar-refractivity contribution >= 4 is 11.9 Å². The topological polar surface area (TPSA) is 12.4 Å². The summed E-state index contributed by atoms with van der Waals surface area (Å²) in [6.07, 6.45) is 4.07. The Balaban J connectivity index is 0.00000121. The first-order chi connectivity index (χ1) is 8.04. The molecule has 0 aliphatic heterocycles. The minimum Gasteiger partial charge on any atom is -0.257 e. The second kappa shape index (κ2) is 7.83. The molecule has 17 heavy (non-hydrogen) atoms. The molecule has 0 atom stereocenters. The number of allylic oxidation sites excluding steroid dienone is 2. The van der Waals surface area contributed by atoms with Gasteiger partial charge in [-0.25, -0.2) is 0 Å². The highest BCUT2D eigenvalue weighted by atomic mass is 14.7. The highest BCUT2D eigenvalue weighted by Crippen LogP contribution is 2.24. The predicted molar refractivity (Wildman–Crippen MR) is 79.2 cm³/mol. The molecule has 0 N–H and O–H groups in total. The Morgan fingerprint density at radius 3 is 2.00 bits per heavy atom. The molecule has 94 valence electrons. The summed E-state index contributed by atoms with van der Waals surface area (Å²) in [5, 5.41) is 0. The maximum absolute atomic E-state index is 4.45. The number of hydrogen-bond donors (Lipinski definition) is 0. The molecule has 0 saturated carbocycles. The highest BCUT2D eigenvalue weighted by Gasteiger charge is 2.13. The minimum atomic E-state index is 0.160. The third-order valence-corrected chi connectivity index (χ3v) is 2.29. The van der Waals surface area contributed by atoms with Crippen molar-refractivity contribution in [2.45, 2.75) is 41.5 Å². The fourth-order valence-corrected chi connectivity index (χ4v) is 1.36. The van der Waals surface area contributed by atoms with Gasteiger partial charge in [0.15, 0.2) is 0 Å². The maximum atomic E-state index is 4.45. The van der Waals surface area contributed by atoms with Gasteiger partial charge >= 0.3 is 0 Å². The zero-order valence-corrected chi connectivity index (χ0v) is 12.0. The van der Waals surface area contributed by atoms with Gasteiger partial charge < -0.3 is 0 Å². The van der Waals surface area contributed by atoms with Crippen LogP contribution in [0.25, 0.3) is 0 Å². The maximum Gasteiger partial charge on any atom is 0.0629 e. The van der Waals surface area contributed by atoms with Crippen LogP contribution in [0.5, 0.6) is 0 Å². The number of hydrogen-bond acceptors (Lipinski definition) is 1. The van der Waals surface area contributed by atoms with E-state index < -0.39 is 0 Å². The number of nitrogens with zero attached hydrogens (tertiary/aromatic N) is 1. The second-order valence-corrected chi connectivity index (χ2v) is 4.59. The average molecular weight is 231 g/mol. The van der Waals surface area contributed by atoms with Crippen LogP contribution in [0.15, 0.2) is 47.0 Å². The van der Waals surface area contributed by atoms with E-state index in [0.29, 0.717) is 0 Å². The van der Waals surface area contributed by atoms with Crippen LogP contribution in [0.2, 0.25) is 0 Å². The van der Waals surface area contributed by atoms with Gasteiger partial charge in [0.05, 0.1) is 5.69 Å². The number of para-hydroxylation sites is 1. The van der Waals surface area contributed by atoms with E-state index in [4.69, 9.17) is 0 Å². The van der Waals surface area contributed by atoms with Crippen LogP contribution in [-0.4, -0.2) is 6.21 Å². The van der Waals surface area contributed by atoms with Crippen LogP contribution in [0.4, 0.5) is 5.69 Å². The summed E-state index contributed by atoms with van der Waals surface area (Å²) in [6, 6.07) is 10.0. The lowest BCUT2D eigenvalue weighted by Crippen LogP contribution is -2.09. The van der Waals surface area contributed by atoms with E-state index in [0.717, 1.165) is 5.69 Å². The van der Waals surface area contributed by atoms with Crippen LogP contribution < -0.4 is 0 Å². The molecule has 1 nitrogen and oxygen atoms in total. The van der Waals surface area contributed by atoms with Gasteiger partial charge in [0.25, 0.3) is 0 Å². The molecule has 0 bridgehead atoms. The lowest BCUT2D eigenvalue weighted by molar-refractivity contribution is 0.526. The van der Waals surface area contributed by atoms with Gasteiger partial charge in [0, 0.05) is 6.21 Å². The Hall–Kier alpha value is -1.37. The molecule has 0 unspecified atom stereocenters. The minimum absolute atomic E-state index is 0.160. The summed E-state index contributed by atoms with van der Waals surface area (Å²) in [6.45, 7) is 12.6. The summed E-state index contributed by atoms with van der Waals surface area (Å²) < 4.78 is 0. The normalized spacial score (nSPS) is 12.2. The van der Waals surface area contributed by atoms with Gasteiger partial charge in [-0.3, -0.25) is 4.99 Å². The Kier molecular flexibility index (Phi) is 7.20. The van der Waals surface area contributed by atoms with E-state index in [1.165, 1.54) is 5.57 Å². The summed E-state index contributed by atoms with van der Waals surface area (Å²) in [5.41, 5.74) is 2.42. The molecular weight excluding hydrogens is 206 g/mol. The third-order valence-electron chi connectivity index (χ3n) is 2.29. The molecule has 0 heterocycles. The van der Waals surface area contributed by atoms with Crippen LogP contribution in [0, 0.1) is 5.41 Å². The Bertz CT molecular complexity index is 353. The zero-order chi connectivity index (χ0) is 13.3. The fourth-order valence-electron chi connectivity index (χ4n) is 1.36. The number of aliphatic imine (C=N–C) groups is 1. The van der Waals surface area contributed by atoms with Gasteiger partial charge in [-0.2, -0.15) is 0 Å². The quantitative estimate of drug-likeness (QED) is 0.604. The molecule has 1 rings (SSSR count). The molecule has 0 aliphatic rings. The van der Waals surface area contributed by atoms with Gasteiger partial charge in [-0.15, -0.1) is 0 Å². The Labute approximate surface area is 106 Å². The highest BCUT2D eigenvalue weighted by molar-refractivity contribution is 5.82. The molecule has 0 saturated heterocycles. The SMILES string of the molecule is C/C=C(\C=Nc1ccccc1)C(C)(C)C.CC. The molecule has 1 aromatic rings. The van der Waals surface area contributed by atoms with Crippen molar-refractivity contribution in [1.82, 2.24) is 0 Å². The first-order valence-corrected chi connectivity index (χ1v) is 6.30. The summed E-state index contributed by atoms with van der Waals surface area (Å²) >= 11 is 0. The van der Waals surface area contributed by atoms with Gasteiger partial charge in [0.2, 0.25) is 0 Å². The van der Waals surface area contributed by atoms with E-state index in [2.05, 4.69) is 38.8 Å². The molecule has 1 heteroatoms. The lowest BCUT2D eigenvalue weighted by Gasteiger charge is -2.19. The fraction of sp³-hybridized carbons (Fsp3) is 0.438. The van der Waals surface area contributed by atoms with E-state index >= 15 is 0 Å². The number of benzene rings is 1. The standard InChI is InChI=1S/C14H19N.C2H6/c1-5-12(14(2,3)4)11-15-13-9-7-6-8-10-13;1-2/h5-11H,1-4H3;1-2H3/b12-5+,15-11?;. The zero-order valence-electron chi connectivity index (χ0n) is 12.0. The first kappa shape index (κ1) is 15.6. The van der Waals surface area contributed by atoms with Crippen molar-refractivity contribution in [3.05, 3.63) is 42.0 Å². The largest absolute Gasteiger partial charge is 0.257 e. The molecule has 0 fully saturated rings. The van der Waals surface area contributed by atoms with Crippen molar-refractivity contribution < 1.29 is 0 Å². The third kappa shape index (κ3) is 6.06. The average Bonchev–Trinajstić information content (AvgIpc) is 2.32. The predicted octanol–water partition coefficient (Wildman–Crippen LogP) is 5.41. The summed E-state index contributed by atoms with van der Waals surface area (Å²) in [7, 11) is 0. The van der Waals surface area contributed by atoms with Crippen molar-refractivity contribution in [1.29, 1.82) is 0 Å². The van der Waals surface area contributed by atoms with E-state index in [1.807, 2.05) is 50.4 Å². The number of rotatable bonds is 2. The van der Waals surface area contributed by atoms with Crippen LogP contribution in [-0.2, 0) is 0 Å². The van der Waals surface area contributed by atoms with Crippen molar-refractivity contribution in [2.75, 3.05) is 0 Å². The van der Waals surface area contributed by atoms with Crippen LogP contribution in [0.3, 0.4) is 0 Å². The van der Waals surface area contributed by atoms with E-state index in [1.54, 1.807) is 0 Å². The van der Waals surface area contributed by atoms with Crippen molar-refractivity contribution in [2.24, 2.45) is 10.4 Å². The molecule has 0 aromatic heterocycles. The smallest absolute Gasteiger partial charge is 0.0629 e. The van der Waals surface area contributed by atoms with Crippen LogP contribution in [0.1, 0.15) is 41.5 Å². The van der Waals surface area contributed by atoms with E-state index in [-0.39, 0.29) is 5.41 Å². The molecule has 0 aliphatic carbocycles. The van der Waals surface area contributed by atoms with Crippen LogP contribution >= 0.6 is 0 Å². The molecule has 1 aromatic carbocycles. The van der Waals surface area contributed by atoms with Crippen molar-refractivity contribution in [3.63, 3.8) is 0 Å². The van der Waals surface area contributed by atoms with Gasteiger partial charge in [-0.1, -0.05) is 58.9 Å². The Morgan fingerprint density at radius 2 is 1.59 bits per heavy atom. The van der Waals surface area contributed by atoms with E-state index in [9.17, 15) is 0 Å². The molecule has 0 spiro atoms. The van der Waals surface area contributed by atoms with Gasteiger partial charge in [0.1, 0.15) is 0 Å². The molecule has 0 radical (unpaired) electrons. The summed E-state index contributed by atoms with van der Waals surface area (Å²) in [5.74, 6) is 0. The first-order valence-electron chi connectivity index (χ1n) is 6.30. The van der Waals surface area contributed by atoms with Gasteiger partial charge in [-0.05, 0) is 30.0 Å². The monoisotopic (exact) mass is 231 g/mol. The molecule has 0 amide bonds. The second-order valence-electron chi connectivity index (χ2n) is 4.59. The summed E-state index contributed by atoms with van der Waals surface area (Å²) in [4.78, 5) is 4.45. The van der Waals surface area contributed by atoms with Crippen molar-refractivity contribution in [3.8, 4) is 0 Å². The molecular formula is C16H25N. The Morgan fingerprint density at radius 1 is 1.06 bits per heavy atom.